The van der Waals surface area contributed by atoms with Crippen LogP contribution < -0.4 is 5.56 Å². The van der Waals surface area contributed by atoms with Crippen LogP contribution >= 0.6 is 0 Å². The molecular weight excluding hydrogens is 336 g/mol. The van der Waals surface area contributed by atoms with Gasteiger partial charge in [-0.3, -0.25) is 19.4 Å². The number of carbonyl (C=O) groups excluding carboxylic acids is 1. The van der Waals surface area contributed by atoms with E-state index in [4.69, 9.17) is 5.11 Å². The van der Waals surface area contributed by atoms with Crippen molar-refractivity contribution in [2.75, 3.05) is 13.1 Å². The van der Waals surface area contributed by atoms with Crippen LogP contribution in [0.15, 0.2) is 29.3 Å². The molecule has 8 nitrogen and oxygen atoms in total. The standard InChI is InChI=1S/C18H22N4O4/c1-11(2)9-22(10-16(24)25)15(23)7-14-12(3)20-17(21-18(14)26)13-5-4-6-19-8-13/h4-6,8,11H,7,9-10H2,1-3H3,(H,24,25)(H,20,21,26). The maximum Gasteiger partial charge on any atom is 0.323 e. The van der Waals surface area contributed by atoms with Gasteiger partial charge in [0, 0.05) is 35.8 Å². The molecule has 0 saturated carbocycles. The van der Waals surface area contributed by atoms with E-state index in [0.717, 1.165) is 0 Å². The highest BCUT2D eigenvalue weighted by molar-refractivity contribution is 5.83. The van der Waals surface area contributed by atoms with Crippen LogP contribution in [0.25, 0.3) is 11.4 Å². The fraction of sp³-hybridized carbons (Fsp3) is 0.389. The third-order valence-electron chi connectivity index (χ3n) is 3.75. The molecule has 0 atom stereocenters. The number of hydrogen-bond donors (Lipinski definition) is 2. The summed E-state index contributed by atoms with van der Waals surface area (Å²) in [6, 6.07) is 3.50. The van der Waals surface area contributed by atoms with E-state index in [-0.39, 0.29) is 17.9 Å². The molecule has 2 rings (SSSR count). The minimum absolute atomic E-state index is 0.115. The number of carbonyl (C=O) groups is 2. The number of aliphatic carboxylic acids is 1. The minimum Gasteiger partial charge on any atom is -0.480 e. The maximum absolute atomic E-state index is 12.5. The average Bonchev–Trinajstić information content (AvgIpc) is 2.57. The smallest absolute Gasteiger partial charge is 0.323 e. The number of nitrogens with one attached hydrogen (secondary N) is 1. The number of carboxylic acid groups (broad SMARTS) is 1. The summed E-state index contributed by atoms with van der Waals surface area (Å²) in [5.74, 6) is -1.01. The zero-order chi connectivity index (χ0) is 19.3. The van der Waals surface area contributed by atoms with Gasteiger partial charge in [-0.1, -0.05) is 13.8 Å². The van der Waals surface area contributed by atoms with Crippen molar-refractivity contribution < 1.29 is 14.7 Å². The largest absolute Gasteiger partial charge is 0.480 e. The molecule has 0 aliphatic heterocycles. The molecule has 2 heterocycles. The number of carboxylic acids is 1. The van der Waals surface area contributed by atoms with E-state index in [1.54, 1.807) is 31.5 Å². The lowest BCUT2D eigenvalue weighted by Gasteiger charge is -2.23. The summed E-state index contributed by atoms with van der Waals surface area (Å²) in [7, 11) is 0. The van der Waals surface area contributed by atoms with Crippen LogP contribution in [0.1, 0.15) is 25.1 Å². The predicted molar refractivity (Wildman–Crippen MR) is 95.6 cm³/mol. The van der Waals surface area contributed by atoms with Gasteiger partial charge in [-0.2, -0.15) is 0 Å². The summed E-state index contributed by atoms with van der Waals surface area (Å²) in [6.07, 6.45) is 3.01. The Hall–Kier alpha value is -3.03. The van der Waals surface area contributed by atoms with E-state index < -0.39 is 24.0 Å². The fourth-order valence-electron chi connectivity index (χ4n) is 2.58. The highest BCUT2D eigenvalue weighted by Gasteiger charge is 2.21. The van der Waals surface area contributed by atoms with Crippen molar-refractivity contribution in [3.05, 3.63) is 46.1 Å². The number of amides is 1. The number of aryl methyl sites for hydroxylation is 1. The molecule has 8 heteroatoms. The van der Waals surface area contributed by atoms with E-state index in [1.165, 1.54) is 4.90 Å². The molecule has 0 aliphatic rings. The van der Waals surface area contributed by atoms with Gasteiger partial charge in [-0.25, -0.2) is 4.98 Å². The molecule has 0 unspecified atom stereocenters. The first kappa shape index (κ1) is 19.3. The van der Waals surface area contributed by atoms with E-state index in [1.807, 2.05) is 13.8 Å². The van der Waals surface area contributed by atoms with Crippen LogP contribution in [0, 0.1) is 12.8 Å². The molecule has 0 aromatic carbocycles. The van der Waals surface area contributed by atoms with Gasteiger partial charge >= 0.3 is 5.97 Å². The van der Waals surface area contributed by atoms with Gasteiger partial charge in [0.25, 0.3) is 5.56 Å². The summed E-state index contributed by atoms with van der Waals surface area (Å²) < 4.78 is 0. The van der Waals surface area contributed by atoms with Gasteiger partial charge in [-0.15, -0.1) is 0 Å². The summed E-state index contributed by atoms with van der Waals surface area (Å²) in [5, 5.41) is 9.00. The fourth-order valence-corrected chi connectivity index (χ4v) is 2.58. The molecule has 138 valence electrons. The van der Waals surface area contributed by atoms with Crippen molar-refractivity contribution in [2.24, 2.45) is 5.92 Å². The number of aromatic amines is 1. The Morgan fingerprint density at radius 1 is 1.35 bits per heavy atom. The lowest BCUT2D eigenvalue weighted by atomic mass is 10.1. The van der Waals surface area contributed by atoms with Crippen molar-refractivity contribution in [3.63, 3.8) is 0 Å². The molecule has 2 aromatic rings. The van der Waals surface area contributed by atoms with Crippen LogP contribution in [0.4, 0.5) is 0 Å². The van der Waals surface area contributed by atoms with Gasteiger partial charge in [0.05, 0.1) is 6.42 Å². The Labute approximate surface area is 150 Å². The molecule has 0 bridgehead atoms. The molecule has 0 aliphatic carbocycles. The van der Waals surface area contributed by atoms with E-state index >= 15 is 0 Å². The Morgan fingerprint density at radius 2 is 2.08 bits per heavy atom. The molecule has 0 fully saturated rings. The van der Waals surface area contributed by atoms with Crippen molar-refractivity contribution in [1.82, 2.24) is 19.9 Å². The predicted octanol–water partition coefficient (Wildman–Crippen LogP) is 1.25. The lowest BCUT2D eigenvalue weighted by molar-refractivity contribution is -0.144. The van der Waals surface area contributed by atoms with Crippen LogP contribution in [0.5, 0.6) is 0 Å². The molecule has 0 radical (unpaired) electrons. The van der Waals surface area contributed by atoms with Crippen molar-refractivity contribution in [1.29, 1.82) is 0 Å². The Balaban J connectivity index is 2.27. The molecule has 2 N–H and O–H groups in total. The quantitative estimate of drug-likeness (QED) is 0.769. The first-order valence-electron chi connectivity index (χ1n) is 8.27. The van der Waals surface area contributed by atoms with Gasteiger partial charge in [-0.05, 0) is 25.0 Å². The van der Waals surface area contributed by atoms with E-state index in [2.05, 4.69) is 15.0 Å². The average molecular weight is 358 g/mol. The summed E-state index contributed by atoms with van der Waals surface area (Å²) in [5.41, 5.74) is 0.921. The van der Waals surface area contributed by atoms with Gasteiger partial charge in [0.1, 0.15) is 12.4 Å². The van der Waals surface area contributed by atoms with Crippen LogP contribution in [-0.4, -0.2) is 49.9 Å². The lowest BCUT2D eigenvalue weighted by Crippen LogP contribution is -2.40. The second kappa shape index (κ2) is 8.37. The third-order valence-corrected chi connectivity index (χ3v) is 3.75. The Kier molecular flexibility index (Phi) is 6.21. The van der Waals surface area contributed by atoms with E-state index in [0.29, 0.717) is 23.6 Å². The SMILES string of the molecule is Cc1nc(-c2cccnc2)[nH]c(=O)c1CC(=O)N(CC(=O)O)CC(C)C. The zero-order valence-electron chi connectivity index (χ0n) is 15.0. The van der Waals surface area contributed by atoms with Crippen LogP contribution in [0.2, 0.25) is 0 Å². The first-order chi connectivity index (χ1) is 12.3. The first-order valence-corrected chi connectivity index (χ1v) is 8.27. The highest BCUT2D eigenvalue weighted by Crippen LogP contribution is 2.13. The number of pyridine rings is 1. The zero-order valence-corrected chi connectivity index (χ0v) is 15.0. The number of H-pyrrole nitrogens is 1. The number of aromatic nitrogens is 3. The van der Waals surface area contributed by atoms with Crippen molar-refractivity contribution >= 4 is 11.9 Å². The summed E-state index contributed by atoms with van der Waals surface area (Å²) in [4.78, 5) is 48.2. The third kappa shape index (κ3) is 4.98. The molecule has 0 saturated heterocycles. The van der Waals surface area contributed by atoms with Gasteiger partial charge < -0.3 is 15.0 Å². The topological polar surface area (TPSA) is 116 Å². The molecule has 1 amide bonds. The molecule has 26 heavy (non-hydrogen) atoms. The molecular formula is C18H22N4O4. The second-order valence-electron chi connectivity index (χ2n) is 6.46. The number of hydrogen-bond acceptors (Lipinski definition) is 5. The maximum atomic E-state index is 12.5. The summed E-state index contributed by atoms with van der Waals surface area (Å²) in [6.45, 7) is 5.36. The summed E-state index contributed by atoms with van der Waals surface area (Å²) >= 11 is 0. The monoisotopic (exact) mass is 358 g/mol. The number of nitrogens with zero attached hydrogens (tertiary/aromatic N) is 3. The Morgan fingerprint density at radius 3 is 2.62 bits per heavy atom. The molecule has 0 spiro atoms. The van der Waals surface area contributed by atoms with Crippen LogP contribution in [0.3, 0.4) is 0 Å². The Bertz CT molecular complexity index is 846. The van der Waals surface area contributed by atoms with Crippen molar-refractivity contribution in [3.8, 4) is 11.4 Å². The highest BCUT2D eigenvalue weighted by atomic mass is 16.4. The van der Waals surface area contributed by atoms with Gasteiger partial charge in [0.15, 0.2) is 0 Å². The second-order valence-corrected chi connectivity index (χ2v) is 6.46. The van der Waals surface area contributed by atoms with Crippen molar-refractivity contribution in [2.45, 2.75) is 27.2 Å². The normalized spacial score (nSPS) is 10.8. The van der Waals surface area contributed by atoms with Gasteiger partial charge in [0.2, 0.25) is 5.91 Å². The van der Waals surface area contributed by atoms with E-state index in [9.17, 15) is 14.4 Å². The van der Waals surface area contributed by atoms with Crippen LogP contribution in [-0.2, 0) is 16.0 Å². The molecule has 2 aromatic heterocycles. The number of rotatable bonds is 7. The minimum atomic E-state index is -1.09.